The molecule has 184 valence electrons. The van der Waals surface area contributed by atoms with Crippen molar-refractivity contribution in [2.45, 2.75) is 4.90 Å². The topological polar surface area (TPSA) is 147 Å². The van der Waals surface area contributed by atoms with E-state index < -0.39 is 32.1 Å². The average molecular weight is 534 g/mol. The molecule has 0 aliphatic carbocycles. The molecule has 0 atom stereocenters. The maximum atomic E-state index is 13.5. The van der Waals surface area contributed by atoms with Gasteiger partial charge in [0.25, 0.3) is 21.5 Å². The Morgan fingerprint density at radius 2 is 1.73 bits per heavy atom. The maximum absolute atomic E-state index is 13.5. The fourth-order valence-corrected chi connectivity index (χ4v) is 5.55. The monoisotopic (exact) mass is 533 g/mol. The van der Waals surface area contributed by atoms with Crippen molar-refractivity contribution in [1.82, 2.24) is 18.8 Å². The van der Waals surface area contributed by atoms with Gasteiger partial charge in [0.15, 0.2) is 0 Å². The third-order valence-corrected chi connectivity index (χ3v) is 7.53. The van der Waals surface area contributed by atoms with Crippen LogP contribution >= 0.6 is 11.6 Å². The molecule has 0 unspecified atom stereocenters. The lowest BCUT2D eigenvalue weighted by atomic mass is 10.2. The number of H-pyrrole nitrogens is 1. The molecule has 5 aromatic rings. The first-order valence-corrected chi connectivity index (χ1v) is 12.6. The summed E-state index contributed by atoms with van der Waals surface area (Å²) in [5.74, 6) is -1.11. The van der Waals surface area contributed by atoms with Gasteiger partial charge < -0.3 is 9.55 Å². The standard InChI is InChI=1S/C25H16ClN5O5S/c1-30-19-11-10-15(26)12-17(19)21(31-24(33)16-7-3-4-8-18(16)28-25(31)34)22(30)23(32)29-37(35,36)20-9-5-2-6-14(20)13-27/h2-12H,1H3,(H,28,34)(H,29,32). The van der Waals surface area contributed by atoms with E-state index in [9.17, 15) is 28.1 Å². The predicted molar refractivity (Wildman–Crippen MR) is 137 cm³/mol. The number of aromatic amines is 1. The highest BCUT2D eigenvalue weighted by Gasteiger charge is 2.29. The van der Waals surface area contributed by atoms with E-state index in [1.54, 1.807) is 36.4 Å². The Kier molecular flexibility index (Phi) is 5.70. The zero-order valence-electron chi connectivity index (χ0n) is 19.0. The first kappa shape index (κ1) is 24.1. The number of nitriles is 1. The van der Waals surface area contributed by atoms with Crippen LogP contribution in [-0.4, -0.2) is 28.4 Å². The number of amides is 1. The van der Waals surface area contributed by atoms with E-state index in [0.717, 1.165) is 4.57 Å². The Labute approximate surface area is 214 Å². The van der Waals surface area contributed by atoms with E-state index >= 15 is 0 Å². The number of carbonyl (C=O) groups is 1. The molecule has 0 aliphatic heterocycles. The minimum absolute atomic E-state index is 0.140. The number of nitrogens with zero attached hydrogens (tertiary/aromatic N) is 3. The predicted octanol–water partition coefficient (Wildman–Crippen LogP) is 2.81. The number of para-hydroxylation sites is 1. The normalized spacial score (nSPS) is 11.5. The molecule has 2 aromatic heterocycles. The molecular weight excluding hydrogens is 518 g/mol. The Hall–Kier alpha value is -4.66. The SMILES string of the molecule is Cn1c(C(=O)NS(=O)(=O)c2ccccc2C#N)c(-n2c(=O)[nH]c3ccccc3c2=O)c2cc(Cl)ccc21. The highest BCUT2D eigenvalue weighted by atomic mass is 35.5. The summed E-state index contributed by atoms with van der Waals surface area (Å²) in [5, 5.41) is 10.0. The van der Waals surface area contributed by atoms with Gasteiger partial charge in [0, 0.05) is 17.5 Å². The molecule has 2 heterocycles. The molecule has 2 N–H and O–H groups in total. The first-order chi connectivity index (χ1) is 17.6. The number of aryl methyl sites for hydroxylation is 1. The van der Waals surface area contributed by atoms with Crippen LogP contribution in [0.2, 0.25) is 5.02 Å². The van der Waals surface area contributed by atoms with Crippen molar-refractivity contribution in [3.63, 3.8) is 0 Å². The molecule has 12 heteroatoms. The van der Waals surface area contributed by atoms with E-state index in [2.05, 4.69) is 4.98 Å². The number of hydrogen-bond acceptors (Lipinski definition) is 6. The summed E-state index contributed by atoms with van der Waals surface area (Å²) in [6.45, 7) is 0. The molecule has 1 amide bonds. The summed E-state index contributed by atoms with van der Waals surface area (Å²) in [5.41, 5.74) is -1.40. The van der Waals surface area contributed by atoms with Crippen molar-refractivity contribution < 1.29 is 13.2 Å². The van der Waals surface area contributed by atoms with Crippen LogP contribution in [0, 0.1) is 11.3 Å². The second-order valence-electron chi connectivity index (χ2n) is 8.08. The van der Waals surface area contributed by atoms with Gasteiger partial charge in [-0.25, -0.2) is 22.5 Å². The van der Waals surface area contributed by atoms with Gasteiger partial charge in [-0.2, -0.15) is 5.26 Å². The van der Waals surface area contributed by atoms with Gasteiger partial charge >= 0.3 is 5.69 Å². The van der Waals surface area contributed by atoms with Gasteiger partial charge in [-0.3, -0.25) is 9.59 Å². The van der Waals surface area contributed by atoms with Crippen LogP contribution in [-0.2, 0) is 17.1 Å². The van der Waals surface area contributed by atoms with E-state index in [-0.39, 0.29) is 32.7 Å². The molecule has 37 heavy (non-hydrogen) atoms. The van der Waals surface area contributed by atoms with Crippen molar-refractivity contribution in [2.75, 3.05) is 0 Å². The number of aromatic nitrogens is 3. The highest BCUT2D eigenvalue weighted by molar-refractivity contribution is 7.90. The average Bonchev–Trinajstić information content (AvgIpc) is 3.15. The summed E-state index contributed by atoms with van der Waals surface area (Å²) < 4.78 is 30.3. The van der Waals surface area contributed by atoms with Crippen LogP contribution < -0.4 is 16.0 Å². The quantitative estimate of drug-likeness (QED) is 0.363. The third-order valence-electron chi connectivity index (χ3n) is 5.90. The molecule has 0 aliphatic rings. The lowest BCUT2D eigenvalue weighted by molar-refractivity contribution is 0.0974. The number of nitrogens with one attached hydrogen (secondary N) is 2. The molecule has 0 saturated carbocycles. The smallest absolute Gasteiger partial charge is 0.333 e. The molecule has 3 aromatic carbocycles. The van der Waals surface area contributed by atoms with Crippen LogP contribution in [0.3, 0.4) is 0 Å². The summed E-state index contributed by atoms with van der Waals surface area (Å²) >= 11 is 6.20. The van der Waals surface area contributed by atoms with E-state index in [1.165, 1.54) is 48.0 Å². The zero-order chi connectivity index (χ0) is 26.5. The third kappa shape index (κ3) is 3.88. The molecule has 10 nitrogen and oxygen atoms in total. The van der Waals surface area contributed by atoms with Gasteiger partial charge in [0.05, 0.1) is 27.7 Å². The Balaban J connectivity index is 1.80. The van der Waals surface area contributed by atoms with Crippen molar-refractivity contribution in [1.29, 1.82) is 5.26 Å². The number of halogens is 1. The van der Waals surface area contributed by atoms with E-state index in [1.807, 2.05) is 4.72 Å². The number of rotatable bonds is 4. The molecule has 0 radical (unpaired) electrons. The first-order valence-electron chi connectivity index (χ1n) is 10.7. The van der Waals surface area contributed by atoms with Crippen LogP contribution in [0.5, 0.6) is 0 Å². The van der Waals surface area contributed by atoms with Crippen molar-refractivity contribution >= 4 is 49.3 Å². The van der Waals surface area contributed by atoms with Gasteiger partial charge in [-0.15, -0.1) is 0 Å². The maximum Gasteiger partial charge on any atom is 0.333 e. The van der Waals surface area contributed by atoms with Crippen LogP contribution in [0.25, 0.3) is 27.5 Å². The summed E-state index contributed by atoms with van der Waals surface area (Å²) in [7, 11) is -3.01. The fraction of sp³-hybridized carbons (Fsp3) is 0.0400. The second-order valence-corrected chi connectivity index (χ2v) is 10.2. The zero-order valence-corrected chi connectivity index (χ0v) is 20.6. The lowest BCUT2D eigenvalue weighted by Gasteiger charge is -2.12. The van der Waals surface area contributed by atoms with E-state index in [4.69, 9.17) is 11.6 Å². The number of hydrogen-bond donors (Lipinski definition) is 2. The summed E-state index contributed by atoms with van der Waals surface area (Å²) in [6, 6.07) is 18.2. The van der Waals surface area contributed by atoms with Crippen LogP contribution in [0.15, 0.2) is 81.2 Å². The number of fused-ring (bicyclic) bond motifs is 2. The molecular formula is C25H16ClN5O5S. The lowest BCUT2D eigenvalue weighted by Crippen LogP contribution is -2.37. The van der Waals surface area contributed by atoms with E-state index in [0.29, 0.717) is 11.0 Å². The summed E-state index contributed by atoms with van der Waals surface area (Å²) in [4.78, 5) is 42.4. The number of carbonyl (C=O) groups excluding carboxylic acids is 1. The second kappa shape index (κ2) is 8.77. The van der Waals surface area contributed by atoms with Crippen molar-refractivity contribution in [3.05, 3.63) is 104 Å². The number of sulfonamides is 1. The highest BCUT2D eigenvalue weighted by Crippen LogP contribution is 2.30. The minimum Gasteiger partial charge on any atom is -0.338 e. The molecule has 0 bridgehead atoms. The Bertz CT molecular complexity index is 2030. The largest absolute Gasteiger partial charge is 0.338 e. The van der Waals surface area contributed by atoms with Crippen LogP contribution in [0.1, 0.15) is 16.1 Å². The minimum atomic E-state index is -4.50. The summed E-state index contributed by atoms with van der Waals surface area (Å²) in [6.07, 6.45) is 0. The van der Waals surface area contributed by atoms with Gasteiger partial charge in [0.1, 0.15) is 16.7 Å². The van der Waals surface area contributed by atoms with Crippen LogP contribution in [0.4, 0.5) is 0 Å². The van der Waals surface area contributed by atoms with Crippen molar-refractivity contribution in [2.24, 2.45) is 7.05 Å². The van der Waals surface area contributed by atoms with Crippen molar-refractivity contribution in [3.8, 4) is 11.8 Å². The molecule has 0 spiro atoms. The Morgan fingerprint density at radius 1 is 1.03 bits per heavy atom. The van der Waals surface area contributed by atoms with Gasteiger partial charge in [0.2, 0.25) is 0 Å². The Morgan fingerprint density at radius 3 is 2.49 bits per heavy atom. The molecule has 0 fully saturated rings. The molecule has 0 saturated heterocycles. The van der Waals surface area contributed by atoms with Gasteiger partial charge in [-0.1, -0.05) is 35.9 Å². The fourth-order valence-electron chi connectivity index (χ4n) is 4.27. The van der Waals surface area contributed by atoms with Gasteiger partial charge in [-0.05, 0) is 42.5 Å². The molecule has 5 rings (SSSR count). The number of benzene rings is 3.